The molecule has 0 saturated carbocycles. The van der Waals surface area contributed by atoms with Gasteiger partial charge in [0.1, 0.15) is 0 Å². The summed E-state index contributed by atoms with van der Waals surface area (Å²) >= 11 is 17.4. The van der Waals surface area contributed by atoms with Crippen LogP contribution in [-0.2, 0) is 13.6 Å². The van der Waals surface area contributed by atoms with Gasteiger partial charge in [-0.15, -0.1) is 10.2 Å². The van der Waals surface area contributed by atoms with Crippen LogP contribution in [0.5, 0.6) is 0 Å². The van der Waals surface area contributed by atoms with Gasteiger partial charge in [0.2, 0.25) is 18.0 Å². The van der Waals surface area contributed by atoms with Crippen molar-refractivity contribution in [2.75, 3.05) is 0 Å². The number of rotatable bonds is 2. The SMILES string of the molecule is CC(C)S(=O)(=O)c1nnc(C(Cl)(Cl)Cl)s1. The van der Waals surface area contributed by atoms with Gasteiger partial charge in [0.05, 0.1) is 5.25 Å². The molecular formula is C6H7Cl3N2O2S2. The number of aromatic nitrogens is 2. The van der Waals surface area contributed by atoms with E-state index in [0.717, 1.165) is 11.3 Å². The molecule has 0 radical (unpaired) electrons. The molecule has 1 aromatic rings. The maximum Gasteiger partial charge on any atom is 0.243 e. The highest BCUT2D eigenvalue weighted by atomic mass is 35.6. The minimum absolute atomic E-state index is 0.0479. The molecule has 1 aromatic heterocycles. The van der Waals surface area contributed by atoms with Gasteiger partial charge in [-0.2, -0.15) is 0 Å². The van der Waals surface area contributed by atoms with Crippen LogP contribution in [0.4, 0.5) is 0 Å². The summed E-state index contributed by atoms with van der Waals surface area (Å²) in [5.74, 6) is 0. The van der Waals surface area contributed by atoms with Crippen LogP contribution in [0.1, 0.15) is 18.9 Å². The molecule has 1 rings (SSSR count). The minimum Gasteiger partial charge on any atom is -0.221 e. The predicted octanol–water partition coefficient (Wildman–Crippen LogP) is 2.55. The van der Waals surface area contributed by atoms with Crippen molar-refractivity contribution in [3.05, 3.63) is 5.01 Å². The third-order valence-electron chi connectivity index (χ3n) is 1.51. The molecule has 0 aromatic carbocycles. The Hall–Kier alpha value is 0.380. The number of nitrogens with zero attached hydrogens (tertiary/aromatic N) is 2. The van der Waals surface area contributed by atoms with Gasteiger partial charge >= 0.3 is 0 Å². The molecule has 0 bridgehead atoms. The summed E-state index contributed by atoms with van der Waals surface area (Å²) < 4.78 is 21.4. The Labute approximate surface area is 106 Å². The summed E-state index contributed by atoms with van der Waals surface area (Å²) in [5.41, 5.74) is 0. The molecule has 0 atom stereocenters. The first-order valence-electron chi connectivity index (χ1n) is 3.80. The largest absolute Gasteiger partial charge is 0.243 e. The molecule has 15 heavy (non-hydrogen) atoms. The molecule has 0 N–H and O–H groups in total. The van der Waals surface area contributed by atoms with Gasteiger partial charge in [-0.1, -0.05) is 46.1 Å². The molecule has 9 heteroatoms. The van der Waals surface area contributed by atoms with E-state index in [2.05, 4.69) is 10.2 Å². The lowest BCUT2D eigenvalue weighted by atomic mass is 10.6. The molecule has 0 spiro atoms. The predicted molar refractivity (Wildman–Crippen MR) is 61.5 cm³/mol. The average Bonchev–Trinajstić information content (AvgIpc) is 2.50. The smallest absolute Gasteiger partial charge is 0.221 e. The fourth-order valence-corrected chi connectivity index (χ4v) is 3.38. The molecule has 0 aliphatic heterocycles. The first kappa shape index (κ1) is 13.4. The van der Waals surface area contributed by atoms with Crippen LogP contribution in [0.15, 0.2) is 4.34 Å². The van der Waals surface area contributed by atoms with Gasteiger partial charge in [-0.05, 0) is 13.8 Å². The lowest BCUT2D eigenvalue weighted by Gasteiger charge is -2.04. The maximum absolute atomic E-state index is 11.7. The molecule has 1 heterocycles. The highest BCUT2D eigenvalue weighted by molar-refractivity contribution is 7.93. The highest BCUT2D eigenvalue weighted by Crippen LogP contribution is 2.40. The van der Waals surface area contributed by atoms with Crippen LogP contribution < -0.4 is 0 Å². The summed E-state index contributed by atoms with van der Waals surface area (Å²) in [6.45, 7) is 3.09. The van der Waals surface area contributed by atoms with E-state index >= 15 is 0 Å². The fraction of sp³-hybridized carbons (Fsp3) is 0.667. The Morgan fingerprint density at radius 1 is 1.27 bits per heavy atom. The van der Waals surface area contributed by atoms with Crippen molar-refractivity contribution in [1.82, 2.24) is 10.2 Å². The average molecular weight is 310 g/mol. The van der Waals surface area contributed by atoms with Crippen molar-refractivity contribution in [3.63, 3.8) is 0 Å². The quantitative estimate of drug-likeness (QED) is 0.788. The molecule has 0 saturated heterocycles. The van der Waals surface area contributed by atoms with E-state index in [0.29, 0.717) is 0 Å². The van der Waals surface area contributed by atoms with Crippen molar-refractivity contribution < 1.29 is 8.42 Å². The zero-order valence-electron chi connectivity index (χ0n) is 7.74. The summed E-state index contributed by atoms with van der Waals surface area (Å²) in [5, 5.41) is 6.51. The molecule has 0 unspecified atom stereocenters. The van der Waals surface area contributed by atoms with E-state index in [4.69, 9.17) is 34.8 Å². The van der Waals surface area contributed by atoms with E-state index in [9.17, 15) is 8.42 Å². The van der Waals surface area contributed by atoms with Crippen molar-refractivity contribution in [2.45, 2.75) is 27.2 Å². The Morgan fingerprint density at radius 3 is 2.13 bits per heavy atom. The van der Waals surface area contributed by atoms with E-state index in [1.807, 2.05) is 0 Å². The minimum atomic E-state index is -3.45. The van der Waals surface area contributed by atoms with Crippen LogP contribution in [-0.4, -0.2) is 23.9 Å². The van der Waals surface area contributed by atoms with Gasteiger partial charge in [0.15, 0.2) is 5.01 Å². The third-order valence-corrected chi connectivity index (χ3v) is 5.98. The fourth-order valence-electron chi connectivity index (χ4n) is 0.641. The maximum atomic E-state index is 11.7. The lowest BCUT2D eigenvalue weighted by molar-refractivity contribution is 0.585. The topological polar surface area (TPSA) is 59.9 Å². The van der Waals surface area contributed by atoms with Crippen LogP contribution in [0.3, 0.4) is 0 Å². The molecule has 0 fully saturated rings. The second-order valence-electron chi connectivity index (χ2n) is 2.96. The molecule has 86 valence electrons. The standard InChI is InChI=1S/C6H7Cl3N2O2S2/c1-3(2)15(12,13)5-11-10-4(14-5)6(7,8)9/h3H,1-2H3. The number of hydrogen-bond donors (Lipinski definition) is 0. The first-order valence-corrected chi connectivity index (χ1v) is 7.30. The Morgan fingerprint density at radius 2 is 1.80 bits per heavy atom. The van der Waals surface area contributed by atoms with Crippen molar-refractivity contribution in [1.29, 1.82) is 0 Å². The van der Waals surface area contributed by atoms with Gasteiger partial charge < -0.3 is 0 Å². The van der Waals surface area contributed by atoms with Crippen molar-refractivity contribution >= 4 is 56.0 Å². The number of hydrogen-bond acceptors (Lipinski definition) is 5. The van der Waals surface area contributed by atoms with Crippen molar-refractivity contribution in [2.24, 2.45) is 0 Å². The van der Waals surface area contributed by atoms with Crippen LogP contribution >= 0.6 is 46.1 Å². The number of sulfone groups is 1. The normalized spacial score (nSPS) is 13.5. The Bertz CT molecular complexity index is 449. The summed E-state index contributed by atoms with van der Waals surface area (Å²) in [6, 6.07) is 0. The van der Waals surface area contributed by atoms with Crippen molar-refractivity contribution in [3.8, 4) is 0 Å². The number of alkyl halides is 3. The van der Waals surface area contributed by atoms with E-state index in [1.165, 1.54) is 0 Å². The zero-order valence-corrected chi connectivity index (χ0v) is 11.6. The Kier molecular flexibility index (Phi) is 3.88. The zero-order chi connectivity index (χ0) is 11.9. The number of halogens is 3. The summed E-state index contributed by atoms with van der Waals surface area (Å²) in [4.78, 5) is 0. The first-order chi connectivity index (χ1) is 6.65. The molecule has 0 aliphatic rings. The lowest BCUT2D eigenvalue weighted by Crippen LogP contribution is -2.13. The molecule has 0 aliphatic carbocycles. The second kappa shape index (κ2) is 4.33. The third kappa shape index (κ3) is 2.94. The van der Waals surface area contributed by atoms with E-state index in [1.54, 1.807) is 13.8 Å². The van der Waals surface area contributed by atoms with Crippen LogP contribution in [0.2, 0.25) is 0 Å². The van der Waals surface area contributed by atoms with Crippen LogP contribution in [0.25, 0.3) is 0 Å². The van der Waals surface area contributed by atoms with Crippen LogP contribution in [0, 0.1) is 0 Å². The Balaban J connectivity index is 3.16. The van der Waals surface area contributed by atoms with Gasteiger partial charge in [0.25, 0.3) is 0 Å². The van der Waals surface area contributed by atoms with Gasteiger partial charge in [-0.25, -0.2) is 8.42 Å². The monoisotopic (exact) mass is 308 g/mol. The molecule has 0 amide bonds. The summed E-state index contributed by atoms with van der Waals surface area (Å²) in [7, 11) is -3.45. The highest BCUT2D eigenvalue weighted by Gasteiger charge is 2.32. The van der Waals surface area contributed by atoms with E-state index < -0.39 is 18.9 Å². The molecule has 4 nitrogen and oxygen atoms in total. The second-order valence-corrected chi connectivity index (χ2v) is 8.90. The van der Waals surface area contributed by atoms with E-state index in [-0.39, 0.29) is 9.35 Å². The van der Waals surface area contributed by atoms with Gasteiger partial charge in [0, 0.05) is 0 Å². The molecular weight excluding hydrogens is 303 g/mol. The summed E-state index contributed by atoms with van der Waals surface area (Å²) in [6.07, 6.45) is 0. The van der Waals surface area contributed by atoms with Gasteiger partial charge in [-0.3, -0.25) is 0 Å².